The predicted octanol–water partition coefficient (Wildman–Crippen LogP) is 6.24. The first-order valence-electron chi connectivity index (χ1n) is 10.4. The molecule has 2 heterocycles. The number of nitrogens with zero attached hydrogens (tertiary/aromatic N) is 3. The van der Waals surface area contributed by atoms with Crippen LogP contribution in [0.3, 0.4) is 0 Å². The highest BCUT2D eigenvalue weighted by Crippen LogP contribution is 2.38. The van der Waals surface area contributed by atoms with Gasteiger partial charge in [-0.05, 0) is 55.0 Å². The number of rotatable bonds is 5. The number of aromatic nitrogens is 1. The lowest BCUT2D eigenvalue weighted by molar-refractivity contribution is 0.0769. The van der Waals surface area contributed by atoms with E-state index < -0.39 is 0 Å². The smallest absolute Gasteiger partial charge is 0.253 e. The van der Waals surface area contributed by atoms with Crippen LogP contribution in [0.25, 0.3) is 0 Å². The summed E-state index contributed by atoms with van der Waals surface area (Å²) < 4.78 is 6.12. The number of likely N-dealkylation sites (tertiary alicyclic amines) is 1. The van der Waals surface area contributed by atoms with Gasteiger partial charge in [-0.1, -0.05) is 40.9 Å². The number of nitriles is 1. The van der Waals surface area contributed by atoms with Gasteiger partial charge in [-0.3, -0.25) is 4.79 Å². The number of halogens is 3. The summed E-state index contributed by atoms with van der Waals surface area (Å²) in [6.45, 7) is 2.98. The maximum Gasteiger partial charge on any atom is 0.253 e. The van der Waals surface area contributed by atoms with E-state index in [1.807, 2.05) is 24.0 Å². The minimum atomic E-state index is -0.239. The van der Waals surface area contributed by atoms with Gasteiger partial charge in [-0.15, -0.1) is 0 Å². The molecular formula is C25H20Cl3N3O2. The lowest BCUT2D eigenvalue weighted by Gasteiger charge is -2.25. The second-order valence-electron chi connectivity index (χ2n) is 7.98. The fourth-order valence-electron chi connectivity index (χ4n) is 4.15. The average Bonchev–Trinajstić information content (AvgIpc) is 3.27. The van der Waals surface area contributed by atoms with Crippen LogP contribution in [0.1, 0.15) is 34.3 Å². The monoisotopic (exact) mass is 499 g/mol. The molecule has 0 aliphatic carbocycles. The standard InChI is InChI=1S/C25H20Cl3N3O2/c1-15(33-24-9-7-19(26)12-30-24)20-13-31(25(32)17-4-2-16(11-29)3-5-17)14-21(20)18-6-8-22(27)23(28)10-18/h2-10,12,15,20-21H,13-14H2,1H3/t15-,20+,21-/m1/s1. The third-order valence-electron chi connectivity index (χ3n) is 5.89. The first-order valence-corrected chi connectivity index (χ1v) is 11.5. The Bertz CT molecular complexity index is 1190. The Labute approximate surface area is 207 Å². The lowest BCUT2D eigenvalue weighted by Crippen LogP contribution is -2.32. The van der Waals surface area contributed by atoms with Gasteiger partial charge in [0.2, 0.25) is 5.88 Å². The van der Waals surface area contributed by atoms with Crippen LogP contribution in [0, 0.1) is 17.2 Å². The number of hydrogen-bond acceptors (Lipinski definition) is 4. The third-order valence-corrected chi connectivity index (χ3v) is 6.86. The lowest BCUT2D eigenvalue weighted by atomic mass is 9.86. The number of hydrogen-bond donors (Lipinski definition) is 0. The Hall–Kier alpha value is -2.78. The highest BCUT2D eigenvalue weighted by molar-refractivity contribution is 6.42. The van der Waals surface area contributed by atoms with Gasteiger partial charge in [0.15, 0.2) is 0 Å². The normalized spacial score (nSPS) is 18.6. The number of amides is 1. The summed E-state index contributed by atoms with van der Waals surface area (Å²) in [7, 11) is 0. The Kier molecular flexibility index (Phi) is 7.09. The zero-order chi connectivity index (χ0) is 23.5. The second kappa shape index (κ2) is 10.0. The minimum absolute atomic E-state index is 0.00982. The van der Waals surface area contributed by atoms with Crippen molar-refractivity contribution in [2.45, 2.75) is 18.9 Å². The maximum atomic E-state index is 13.2. The van der Waals surface area contributed by atoms with Crippen molar-refractivity contribution in [1.82, 2.24) is 9.88 Å². The van der Waals surface area contributed by atoms with Gasteiger partial charge in [-0.2, -0.15) is 5.26 Å². The molecule has 1 aliphatic rings. The van der Waals surface area contributed by atoms with Gasteiger partial charge < -0.3 is 9.64 Å². The van der Waals surface area contributed by atoms with Gasteiger partial charge in [0.25, 0.3) is 5.91 Å². The third kappa shape index (κ3) is 5.25. The molecule has 0 N–H and O–H groups in total. The molecule has 33 heavy (non-hydrogen) atoms. The Balaban J connectivity index is 1.60. The van der Waals surface area contributed by atoms with Crippen LogP contribution in [0.15, 0.2) is 60.8 Å². The number of pyridine rings is 1. The predicted molar refractivity (Wildman–Crippen MR) is 129 cm³/mol. The summed E-state index contributed by atoms with van der Waals surface area (Å²) in [6, 6.07) is 17.7. The number of carbonyl (C=O) groups is 1. The van der Waals surface area contributed by atoms with Gasteiger partial charge in [0.05, 0.1) is 26.7 Å². The van der Waals surface area contributed by atoms with Crippen LogP contribution in [0.4, 0.5) is 0 Å². The Morgan fingerprint density at radius 2 is 1.85 bits per heavy atom. The van der Waals surface area contributed by atoms with E-state index in [0.717, 1.165) is 5.56 Å². The minimum Gasteiger partial charge on any atom is -0.474 e. The molecule has 0 spiro atoms. The van der Waals surface area contributed by atoms with Crippen molar-refractivity contribution >= 4 is 40.7 Å². The van der Waals surface area contributed by atoms with Crippen LogP contribution in [-0.4, -0.2) is 35.0 Å². The SMILES string of the molecule is C[C@@H](Oc1ccc(Cl)cn1)[C@@H]1CN(C(=O)c2ccc(C#N)cc2)C[C@@H]1c1ccc(Cl)c(Cl)c1. The fourth-order valence-corrected chi connectivity index (χ4v) is 4.56. The first kappa shape index (κ1) is 23.4. The molecule has 3 aromatic rings. The van der Waals surface area contributed by atoms with Gasteiger partial charge in [0.1, 0.15) is 6.10 Å². The topological polar surface area (TPSA) is 66.2 Å². The second-order valence-corrected chi connectivity index (χ2v) is 9.23. The van der Waals surface area contributed by atoms with Crippen molar-refractivity contribution in [2.75, 3.05) is 13.1 Å². The number of ether oxygens (including phenoxy) is 1. The molecule has 1 aliphatic heterocycles. The zero-order valence-electron chi connectivity index (χ0n) is 17.7. The van der Waals surface area contributed by atoms with Gasteiger partial charge in [0, 0.05) is 42.8 Å². The molecule has 8 heteroatoms. The Morgan fingerprint density at radius 1 is 1.09 bits per heavy atom. The molecule has 0 saturated carbocycles. The largest absolute Gasteiger partial charge is 0.474 e. The molecule has 0 bridgehead atoms. The van der Waals surface area contributed by atoms with E-state index in [-0.39, 0.29) is 23.8 Å². The van der Waals surface area contributed by atoms with Crippen molar-refractivity contribution in [3.63, 3.8) is 0 Å². The molecule has 2 aromatic carbocycles. The highest BCUT2D eigenvalue weighted by atomic mass is 35.5. The molecule has 1 fully saturated rings. The van der Waals surface area contributed by atoms with Crippen LogP contribution < -0.4 is 4.74 Å². The van der Waals surface area contributed by atoms with Crippen LogP contribution in [0.5, 0.6) is 5.88 Å². The van der Waals surface area contributed by atoms with Crippen LogP contribution >= 0.6 is 34.8 Å². The van der Waals surface area contributed by atoms with E-state index in [2.05, 4.69) is 11.1 Å². The summed E-state index contributed by atoms with van der Waals surface area (Å²) in [5.74, 6) is 0.354. The van der Waals surface area contributed by atoms with Crippen molar-refractivity contribution in [1.29, 1.82) is 5.26 Å². The summed E-state index contributed by atoms with van der Waals surface area (Å²) in [4.78, 5) is 19.3. The van der Waals surface area contributed by atoms with E-state index in [0.29, 0.717) is 45.2 Å². The fraction of sp³-hybridized carbons (Fsp3) is 0.240. The van der Waals surface area contributed by atoms with Crippen LogP contribution in [0.2, 0.25) is 15.1 Å². The van der Waals surface area contributed by atoms with Crippen molar-refractivity contribution in [2.24, 2.45) is 5.92 Å². The summed E-state index contributed by atoms with van der Waals surface area (Å²) in [6.07, 6.45) is 1.30. The summed E-state index contributed by atoms with van der Waals surface area (Å²) in [5.41, 5.74) is 2.04. The Morgan fingerprint density at radius 3 is 2.48 bits per heavy atom. The summed E-state index contributed by atoms with van der Waals surface area (Å²) >= 11 is 18.4. The van der Waals surface area contributed by atoms with E-state index in [9.17, 15) is 4.79 Å². The van der Waals surface area contributed by atoms with Crippen molar-refractivity contribution in [3.05, 3.63) is 92.6 Å². The molecule has 0 unspecified atom stereocenters. The summed E-state index contributed by atoms with van der Waals surface area (Å²) in [5, 5.41) is 10.5. The van der Waals surface area contributed by atoms with E-state index in [4.69, 9.17) is 44.8 Å². The quantitative estimate of drug-likeness (QED) is 0.416. The number of carbonyl (C=O) groups excluding carboxylic acids is 1. The average molecular weight is 501 g/mol. The molecule has 3 atom stereocenters. The van der Waals surface area contributed by atoms with Crippen molar-refractivity contribution in [3.8, 4) is 11.9 Å². The number of benzene rings is 2. The highest BCUT2D eigenvalue weighted by Gasteiger charge is 2.40. The van der Waals surface area contributed by atoms with E-state index >= 15 is 0 Å². The zero-order valence-corrected chi connectivity index (χ0v) is 20.0. The molecule has 1 aromatic heterocycles. The van der Waals surface area contributed by atoms with Gasteiger partial charge in [-0.25, -0.2) is 4.98 Å². The first-order chi connectivity index (χ1) is 15.9. The molecule has 1 amide bonds. The van der Waals surface area contributed by atoms with Crippen molar-refractivity contribution < 1.29 is 9.53 Å². The van der Waals surface area contributed by atoms with Gasteiger partial charge >= 0.3 is 0 Å². The molecular weight excluding hydrogens is 481 g/mol. The molecule has 168 valence electrons. The van der Waals surface area contributed by atoms with E-state index in [1.165, 1.54) is 6.20 Å². The van der Waals surface area contributed by atoms with Crippen LogP contribution in [-0.2, 0) is 0 Å². The van der Waals surface area contributed by atoms with E-state index in [1.54, 1.807) is 42.5 Å². The maximum absolute atomic E-state index is 13.2. The molecule has 4 rings (SSSR count). The molecule has 0 radical (unpaired) electrons. The molecule has 1 saturated heterocycles. The molecule has 5 nitrogen and oxygen atoms in total.